The number of carbonyl (C=O) groups is 2. The Morgan fingerprint density at radius 1 is 1.43 bits per heavy atom. The Balaban J connectivity index is 4.08. The number of carboxylic acids is 1. The molecule has 0 bridgehead atoms. The minimum absolute atomic E-state index is 0.0957. The van der Waals surface area contributed by atoms with Gasteiger partial charge in [0.15, 0.2) is 0 Å². The molecule has 1 amide bonds. The SMILES string of the molecule is NC(=O)C(CCCS)CC(N)C(=O)O. The van der Waals surface area contributed by atoms with Crippen LogP contribution in [0.3, 0.4) is 0 Å². The van der Waals surface area contributed by atoms with E-state index in [2.05, 4.69) is 12.6 Å². The molecule has 6 heteroatoms. The molecule has 2 unspecified atom stereocenters. The van der Waals surface area contributed by atoms with E-state index in [0.717, 1.165) is 6.42 Å². The zero-order valence-corrected chi connectivity index (χ0v) is 8.74. The number of aliphatic carboxylic acids is 1. The Morgan fingerprint density at radius 3 is 2.36 bits per heavy atom. The number of thiol groups is 1. The molecule has 0 aliphatic rings. The van der Waals surface area contributed by atoms with Gasteiger partial charge < -0.3 is 16.6 Å². The zero-order chi connectivity index (χ0) is 11.1. The van der Waals surface area contributed by atoms with E-state index in [1.807, 2.05) is 0 Å². The standard InChI is InChI=1S/C8H16N2O3S/c9-6(8(12)13)4-5(7(10)11)2-1-3-14/h5-6,14H,1-4,9H2,(H2,10,11)(H,12,13). The topological polar surface area (TPSA) is 106 Å². The summed E-state index contributed by atoms with van der Waals surface area (Å²) in [7, 11) is 0. The molecular formula is C8H16N2O3S. The van der Waals surface area contributed by atoms with Crippen molar-refractivity contribution < 1.29 is 14.7 Å². The zero-order valence-electron chi connectivity index (χ0n) is 7.85. The summed E-state index contributed by atoms with van der Waals surface area (Å²) >= 11 is 4.00. The van der Waals surface area contributed by atoms with Crippen molar-refractivity contribution in [2.45, 2.75) is 25.3 Å². The van der Waals surface area contributed by atoms with Gasteiger partial charge in [-0.25, -0.2) is 0 Å². The Hall–Kier alpha value is -0.750. The third-order valence-corrected chi connectivity index (χ3v) is 2.28. The monoisotopic (exact) mass is 220 g/mol. The van der Waals surface area contributed by atoms with Gasteiger partial charge in [0.2, 0.25) is 5.91 Å². The fourth-order valence-electron chi connectivity index (χ4n) is 1.12. The van der Waals surface area contributed by atoms with Crippen LogP contribution in [-0.4, -0.2) is 28.8 Å². The molecule has 0 aromatic rings. The molecule has 2 atom stereocenters. The largest absolute Gasteiger partial charge is 0.480 e. The molecule has 0 aliphatic carbocycles. The second kappa shape index (κ2) is 6.67. The van der Waals surface area contributed by atoms with E-state index in [-0.39, 0.29) is 6.42 Å². The fraction of sp³-hybridized carbons (Fsp3) is 0.750. The first-order valence-corrected chi connectivity index (χ1v) is 5.00. The van der Waals surface area contributed by atoms with Gasteiger partial charge >= 0.3 is 5.97 Å². The van der Waals surface area contributed by atoms with Crippen LogP contribution in [0, 0.1) is 5.92 Å². The van der Waals surface area contributed by atoms with Crippen LogP contribution >= 0.6 is 12.6 Å². The minimum atomic E-state index is -1.11. The highest BCUT2D eigenvalue weighted by atomic mass is 32.1. The number of carbonyl (C=O) groups excluding carboxylic acids is 1. The van der Waals surface area contributed by atoms with Gasteiger partial charge in [-0.2, -0.15) is 12.6 Å². The number of nitrogens with two attached hydrogens (primary N) is 2. The van der Waals surface area contributed by atoms with Crippen LogP contribution in [0.2, 0.25) is 0 Å². The van der Waals surface area contributed by atoms with Crippen LogP contribution in [0.4, 0.5) is 0 Å². The maximum absolute atomic E-state index is 10.9. The molecule has 82 valence electrons. The Labute approximate surface area is 88.2 Å². The molecule has 0 saturated carbocycles. The van der Waals surface area contributed by atoms with Crippen molar-refractivity contribution in [1.29, 1.82) is 0 Å². The van der Waals surface area contributed by atoms with Gasteiger partial charge in [0, 0.05) is 5.92 Å². The smallest absolute Gasteiger partial charge is 0.320 e. The van der Waals surface area contributed by atoms with E-state index >= 15 is 0 Å². The second-order valence-corrected chi connectivity index (χ2v) is 3.59. The first-order chi connectivity index (χ1) is 6.49. The summed E-state index contributed by atoms with van der Waals surface area (Å²) in [5.74, 6) is -1.43. The molecule has 5 N–H and O–H groups in total. The highest BCUT2D eigenvalue weighted by molar-refractivity contribution is 7.80. The van der Waals surface area contributed by atoms with Crippen LogP contribution in [0.5, 0.6) is 0 Å². The first kappa shape index (κ1) is 13.2. The predicted molar refractivity (Wildman–Crippen MR) is 56.0 cm³/mol. The van der Waals surface area contributed by atoms with Crippen molar-refractivity contribution in [2.75, 3.05) is 5.75 Å². The van der Waals surface area contributed by atoms with Crippen LogP contribution in [0.15, 0.2) is 0 Å². The van der Waals surface area contributed by atoms with E-state index in [0.29, 0.717) is 12.2 Å². The van der Waals surface area contributed by atoms with Gasteiger partial charge in [0.1, 0.15) is 6.04 Å². The lowest BCUT2D eigenvalue weighted by Gasteiger charge is -2.14. The maximum atomic E-state index is 10.9. The number of hydrogen-bond acceptors (Lipinski definition) is 4. The van der Waals surface area contributed by atoms with Gasteiger partial charge in [-0.1, -0.05) is 0 Å². The molecule has 0 aromatic carbocycles. The molecule has 0 heterocycles. The molecule has 0 fully saturated rings. The van der Waals surface area contributed by atoms with Gasteiger partial charge in [-0.05, 0) is 25.0 Å². The Bertz CT molecular complexity index is 211. The van der Waals surface area contributed by atoms with Gasteiger partial charge in [0.25, 0.3) is 0 Å². The van der Waals surface area contributed by atoms with Crippen LogP contribution in [-0.2, 0) is 9.59 Å². The number of carboxylic acid groups (broad SMARTS) is 1. The molecule has 0 radical (unpaired) electrons. The third-order valence-electron chi connectivity index (χ3n) is 1.97. The molecule has 0 aliphatic heterocycles. The summed E-state index contributed by atoms with van der Waals surface area (Å²) in [4.78, 5) is 21.4. The Morgan fingerprint density at radius 2 is 2.00 bits per heavy atom. The molecule has 14 heavy (non-hydrogen) atoms. The van der Waals surface area contributed by atoms with E-state index in [1.165, 1.54) is 0 Å². The van der Waals surface area contributed by atoms with Crippen LogP contribution in [0.1, 0.15) is 19.3 Å². The summed E-state index contributed by atoms with van der Waals surface area (Å²) < 4.78 is 0. The van der Waals surface area contributed by atoms with E-state index in [4.69, 9.17) is 16.6 Å². The minimum Gasteiger partial charge on any atom is -0.480 e. The molecule has 0 rings (SSSR count). The highest BCUT2D eigenvalue weighted by Gasteiger charge is 2.22. The molecule has 5 nitrogen and oxygen atoms in total. The van der Waals surface area contributed by atoms with Crippen molar-refractivity contribution in [3.8, 4) is 0 Å². The Kier molecular flexibility index (Phi) is 6.31. The summed E-state index contributed by atoms with van der Waals surface area (Å²) in [6.45, 7) is 0. The second-order valence-electron chi connectivity index (χ2n) is 3.15. The van der Waals surface area contributed by atoms with Crippen molar-refractivity contribution >= 4 is 24.5 Å². The van der Waals surface area contributed by atoms with E-state index < -0.39 is 23.8 Å². The summed E-state index contributed by atoms with van der Waals surface area (Å²) in [5.41, 5.74) is 10.4. The van der Waals surface area contributed by atoms with Crippen molar-refractivity contribution in [1.82, 2.24) is 0 Å². The number of amides is 1. The summed E-state index contributed by atoms with van der Waals surface area (Å²) in [5, 5.41) is 8.55. The first-order valence-electron chi connectivity index (χ1n) is 4.37. The third kappa shape index (κ3) is 5.08. The van der Waals surface area contributed by atoms with Crippen LogP contribution < -0.4 is 11.5 Å². The van der Waals surface area contributed by atoms with Crippen molar-refractivity contribution in [3.63, 3.8) is 0 Å². The summed E-state index contributed by atoms with van der Waals surface area (Å²) in [6, 6.07) is -1.02. The molecule has 0 aromatic heterocycles. The highest BCUT2D eigenvalue weighted by Crippen LogP contribution is 2.13. The molecule has 0 saturated heterocycles. The number of primary amides is 1. The number of hydrogen-bond donors (Lipinski definition) is 4. The quantitative estimate of drug-likeness (QED) is 0.438. The van der Waals surface area contributed by atoms with Crippen molar-refractivity contribution in [3.05, 3.63) is 0 Å². The number of rotatable bonds is 7. The lowest BCUT2D eigenvalue weighted by atomic mass is 9.95. The normalized spacial score (nSPS) is 14.7. The van der Waals surface area contributed by atoms with Gasteiger partial charge in [-0.3, -0.25) is 9.59 Å². The summed E-state index contributed by atoms with van der Waals surface area (Å²) in [6.07, 6.45) is 1.36. The predicted octanol–water partition coefficient (Wildman–Crippen LogP) is -0.400. The average Bonchev–Trinajstić information content (AvgIpc) is 2.10. The van der Waals surface area contributed by atoms with Crippen LogP contribution in [0.25, 0.3) is 0 Å². The average molecular weight is 220 g/mol. The molecule has 0 spiro atoms. The molecular weight excluding hydrogens is 204 g/mol. The fourth-order valence-corrected chi connectivity index (χ4v) is 1.30. The van der Waals surface area contributed by atoms with Gasteiger partial charge in [0.05, 0.1) is 0 Å². The lowest BCUT2D eigenvalue weighted by molar-refractivity contribution is -0.139. The van der Waals surface area contributed by atoms with E-state index in [1.54, 1.807) is 0 Å². The maximum Gasteiger partial charge on any atom is 0.320 e. The van der Waals surface area contributed by atoms with E-state index in [9.17, 15) is 9.59 Å². The lowest BCUT2D eigenvalue weighted by Crippen LogP contribution is -2.36. The van der Waals surface area contributed by atoms with Crippen molar-refractivity contribution in [2.24, 2.45) is 17.4 Å². The van der Waals surface area contributed by atoms with Gasteiger partial charge in [-0.15, -0.1) is 0 Å².